The third-order valence-electron chi connectivity index (χ3n) is 3.02. The van der Waals surface area contributed by atoms with Crippen LogP contribution in [0, 0.1) is 0 Å². The van der Waals surface area contributed by atoms with Crippen molar-refractivity contribution in [2.24, 2.45) is 0 Å². The van der Waals surface area contributed by atoms with Crippen LogP contribution in [0.2, 0.25) is 5.15 Å². The molecule has 0 saturated heterocycles. The van der Waals surface area contributed by atoms with E-state index >= 15 is 0 Å². The van der Waals surface area contributed by atoms with E-state index in [1.54, 1.807) is 14.2 Å². The number of methoxy groups -OCH3 is 2. The summed E-state index contributed by atoms with van der Waals surface area (Å²) in [6.07, 6.45) is 2.92. The molecule has 1 unspecified atom stereocenters. The van der Waals surface area contributed by atoms with Crippen LogP contribution in [-0.2, 0) is 22.4 Å². The predicted octanol–water partition coefficient (Wildman–Crippen LogP) is 2.50. The molecule has 1 rings (SSSR count). The molecule has 0 saturated carbocycles. The smallest absolute Gasteiger partial charge is 0.171 e. The second-order valence-corrected chi connectivity index (χ2v) is 4.92. The van der Waals surface area contributed by atoms with Gasteiger partial charge in [0.2, 0.25) is 0 Å². The Labute approximate surface area is 120 Å². The first-order valence-corrected chi connectivity index (χ1v) is 7.02. The van der Waals surface area contributed by atoms with Crippen molar-refractivity contribution < 1.29 is 9.47 Å². The maximum Gasteiger partial charge on any atom is 0.171 e. The summed E-state index contributed by atoms with van der Waals surface area (Å²) in [6, 6.07) is 0.0634. The number of aromatic nitrogens is 2. The normalized spacial score (nSPS) is 13.2. The summed E-state index contributed by atoms with van der Waals surface area (Å²) in [7, 11) is 3.25. The van der Waals surface area contributed by atoms with Gasteiger partial charge in [-0.15, -0.1) is 0 Å². The van der Waals surface area contributed by atoms with Gasteiger partial charge in [-0.05, 0) is 13.3 Å². The minimum atomic E-state index is -0.277. The number of aromatic amines is 1. The Morgan fingerprint density at radius 2 is 2.05 bits per heavy atom. The number of rotatable bonds is 9. The van der Waals surface area contributed by atoms with Gasteiger partial charge in [-0.25, -0.2) is 4.98 Å². The van der Waals surface area contributed by atoms with Crippen molar-refractivity contribution in [1.29, 1.82) is 0 Å². The summed E-state index contributed by atoms with van der Waals surface area (Å²) >= 11 is 6.11. The lowest BCUT2D eigenvalue weighted by atomic mass is 10.2. The highest BCUT2D eigenvalue weighted by molar-refractivity contribution is 6.30. The quantitative estimate of drug-likeness (QED) is 0.686. The average Bonchev–Trinajstić information content (AvgIpc) is 2.76. The summed E-state index contributed by atoms with van der Waals surface area (Å²) < 4.78 is 10.4. The van der Waals surface area contributed by atoms with Crippen LogP contribution < -0.4 is 5.32 Å². The lowest BCUT2D eigenvalue weighted by Gasteiger charge is -2.21. The van der Waals surface area contributed by atoms with Crippen molar-refractivity contribution >= 4 is 11.6 Å². The van der Waals surface area contributed by atoms with E-state index in [0.717, 1.165) is 30.8 Å². The van der Waals surface area contributed by atoms with Gasteiger partial charge in [-0.2, -0.15) is 0 Å². The molecule has 0 amide bonds. The Morgan fingerprint density at radius 3 is 2.63 bits per heavy atom. The summed E-state index contributed by atoms with van der Waals surface area (Å²) in [5.41, 5.74) is 0.908. The number of ether oxygens (including phenoxy) is 2. The molecular weight excluding hydrogens is 266 g/mol. The van der Waals surface area contributed by atoms with Crippen molar-refractivity contribution in [2.45, 2.75) is 52.0 Å². The van der Waals surface area contributed by atoms with E-state index in [9.17, 15) is 0 Å². The topological polar surface area (TPSA) is 59.2 Å². The van der Waals surface area contributed by atoms with Gasteiger partial charge in [-0.1, -0.05) is 24.9 Å². The summed E-state index contributed by atoms with van der Waals surface area (Å²) in [6.45, 7) is 4.77. The zero-order valence-electron chi connectivity index (χ0n) is 12.1. The van der Waals surface area contributed by atoms with E-state index in [-0.39, 0.29) is 12.3 Å². The number of nitrogens with zero attached hydrogens (tertiary/aromatic N) is 1. The van der Waals surface area contributed by atoms with Crippen LogP contribution in [-0.4, -0.2) is 36.5 Å². The van der Waals surface area contributed by atoms with Crippen molar-refractivity contribution in [2.75, 3.05) is 14.2 Å². The van der Waals surface area contributed by atoms with E-state index in [0.29, 0.717) is 11.7 Å². The van der Waals surface area contributed by atoms with Crippen LogP contribution in [0.1, 0.15) is 38.2 Å². The van der Waals surface area contributed by atoms with Gasteiger partial charge in [-0.3, -0.25) is 0 Å². The number of halogens is 1. The first kappa shape index (κ1) is 16.4. The summed E-state index contributed by atoms with van der Waals surface area (Å²) in [4.78, 5) is 7.58. The molecule has 110 valence electrons. The summed E-state index contributed by atoms with van der Waals surface area (Å²) in [5.74, 6) is 0.950. The maximum atomic E-state index is 6.11. The molecule has 1 aromatic heterocycles. The van der Waals surface area contributed by atoms with Crippen molar-refractivity contribution in [1.82, 2.24) is 15.3 Å². The second kappa shape index (κ2) is 8.53. The lowest BCUT2D eigenvalue weighted by Crippen LogP contribution is -2.39. The van der Waals surface area contributed by atoms with Crippen LogP contribution in [0.5, 0.6) is 0 Å². The molecule has 2 N–H and O–H groups in total. The molecule has 1 atom stereocenters. The molecule has 0 aliphatic heterocycles. The molecule has 1 aromatic rings. The van der Waals surface area contributed by atoms with Gasteiger partial charge in [0.15, 0.2) is 11.4 Å². The number of H-pyrrole nitrogens is 1. The van der Waals surface area contributed by atoms with E-state index in [1.807, 2.05) is 6.92 Å². The zero-order chi connectivity index (χ0) is 14.3. The van der Waals surface area contributed by atoms with Crippen LogP contribution in [0.15, 0.2) is 0 Å². The first-order valence-electron chi connectivity index (χ1n) is 6.64. The molecule has 0 aliphatic rings. The number of aryl methyl sites for hydroxylation is 1. The number of hydrogen-bond acceptors (Lipinski definition) is 4. The number of imidazole rings is 1. The Kier molecular flexibility index (Phi) is 7.38. The molecule has 0 radical (unpaired) electrons. The Balaban J connectivity index is 2.50. The predicted molar refractivity (Wildman–Crippen MR) is 76.3 cm³/mol. The number of unbranched alkanes of at least 4 members (excludes halogenated alkanes) is 1. The van der Waals surface area contributed by atoms with Gasteiger partial charge in [0.05, 0.1) is 11.7 Å². The Bertz CT molecular complexity index is 367. The van der Waals surface area contributed by atoms with Crippen LogP contribution in [0.3, 0.4) is 0 Å². The van der Waals surface area contributed by atoms with Gasteiger partial charge >= 0.3 is 0 Å². The minimum Gasteiger partial charge on any atom is -0.354 e. The van der Waals surface area contributed by atoms with Gasteiger partial charge < -0.3 is 19.8 Å². The van der Waals surface area contributed by atoms with Gasteiger partial charge in [0.1, 0.15) is 5.82 Å². The fraction of sp³-hybridized carbons (Fsp3) is 0.769. The lowest BCUT2D eigenvalue weighted by molar-refractivity contribution is -0.119. The monoisotopic (exact) mass is 289 g/mol. The average molecular weight is 290 g/mol. The molecule has 0 fully saturated rings. The fourth-order valence-electron chi connectivity index (χ4n) is 1.88. The van der Waals surface area contributed by atoms with Crippen LogP contribution in [0.25, 0.3) is 0 Å². The van der Waals surface area contributed by atoms with E-state index in [1.165, 1.54) is 0 Å². The fourth-order valence-corrected chi connectivity index (χ4v) is 2.10. The number of hydrogen-bond donors (Lipinski definition) is 2. The molecule has 0 spiro atoms. The number of nitrogens with one attached hydrogen (secondary N) is 2. The van der Waals surface area contributed by atoms with Crippen LogP contribution >= 0.6 is 11.6 Å². The largest absolute Gasteiger partial charge is 0.354 e. The molecular formula is C13H24ClN3O2. The maximum absolute atomic E-state index is 6.11. The van der Waals surface area contributed by atoms with Gasteiger partial charge in [0.25, 0.3) is 0 Å². The van der Waals surface area contributed by atoms with Crippen molar-refractivity contribution in [3.63, 3.8) is 0 Å². The van der Waals surface area contributed by atoms with E-state index in [2.05, 4.69) is 22.2 Å². The molecule has 19 heavy (non-hydrogen) atoms. The van der Waals surface area contributed by atoms with E-state index in [4.69, 9.17) is 21.1 Å². The van der Waals surface area contributed by atoms with E-state index < -0.39 is 0 Å². The molecule has 0 aliphatic carbocycles. The van der Waals surface area contributed by atoms with Crippen molar-refractivity contribution in [3.8, 4) is 0 Å². The Morgan fingerprint density at radius 1 is 1.37 bits per heavy atom. The highest BCUT2D eigenvalue weighted by Crippen LogP contribution is 2.14. The third kappa shape index (κ3) is 5.10. The SMILES string of the molecule is CCCCc1nc(Cl)c(CNC(C)C(OC)OC)[nH]1. The molecule has 0 bridgehead atoms. The second-order valence-electron chi connectivity index (χ2n) is 4.57. The molecule has 5 nitrogen and oxygen atoms in total. The third-order valence-corrected chi connectivity index (χ3v) is 3.33. The highest BCUT2D eigenvalue weighted by Gasteiger charge is 2.16. The first-order chi connectivity index (χ1) is 9.12. The molecule has 0 aromatic carbocycles. The van der Waals surface area contributed by atoms with Crippen LogP contribution in [0.4, 0.5) is 0 Å². The zero-order valence-corrected chi connectivity index (χ0v) is 12.9. The summed E-state index contributed by atoms with van der Waals surface area (Å²) in [5, 5.41) is 3.84. The minimum absolute atomic E-state index is 0.0634. The molecule has 6 heteroatoms. The molecule has 1 heterocycles. The Hall–Kier alpha value is -0.620. The van der Waals surface area contributed by atoms with Crippen molar-refractivity contribution in [3.05, 3.63) is 16.7 Å². The standard InChI is InChI=1S/C13H24ClN3O2/c1-5-6-7-11-16-10(12(14)17-11)8-15-9(2)13(18-3)19-4/h9,13,15H,5-8H2,1-4H3,(H,16,17). The van der Waals surface area contributed by atoms with Gasteiger partial charge in [0, 0.05) is 27.2 Å². The highest BCUT2D eigenvalue weighted by atomic mass is 35.5.